The molecule has 1 heterocycles. The third kappa shape index (κ3) is 2.93. The number of pyridine rings is 1. The number of nitrogens with one attached hydrogen (secondary N) is 1. The Bertz CT molecular complexity index is 571. The molecule has 0 atom stereocenters. The summed E-state index contributed by atoms with van der Waals surface area (Å²) in [6, 6.07) is 6.27. The van der Waals surface area contributed by atoms with Gasteiger partial charge in [0.25, 0.3) is 0 Å². The van der Waals surface area contributed by atoms with Crippen molar-refractivity contribution in [1.82, 2.24) is 4.98 Å². The van der Waals surface area contributed by atoms with Crippen LogP contribution in [0.1, 0.15) is 16.7 Å². The van der Waals surface area contributed by atoms with Gasteiger partial charge in [-0.3, -0.25) is 0 Å². The topological polar surface area (TPSA) is 24.9 Å². The molecule has 0 aliphatic rings. The van der Waals surface area contributed by atoms with Gasteiger partial charge in [-0.15, -0.1) is 0 Å². The largest absolute Gasteiger partial charge is 0.339 e. The second kappa shape index (κ2) is 5.41. The maximum atomic E-state index is 4.36. The average Bonchev–Trinajstić information content (AvgIpc) is 2.28. The Morgan fingerprint density at radius 2 is 1.67 bits per heavy atom. The number of benzene rings is 1. The molecule has 0 aliphatic carbocycles. The minimum Gasteiger partial charge on any atom is -0.339 e. The second-order valence-electron chi connectivity index (χ2n) is 4.38. The van der Waals surface area contributed by atoms with E-state index < -0.39 is 0 Å². The molecule has 0 spiro atoms. The normalized spacial score (nSPS) is 10.5. The van der Waals surface area contributed by atoms with Crippen LogP contribution in [0, 0.1) is 20.8 Å². The first-order valence-corrected chi connectivity index (χ1v) is 7.22. The van der Waals surface area contributed by atoms with Crippen LogP contribution >= 0.6 is 31.9 Å². The lowest BCUT2D eigenvalue weighted by molar-refractivity contribution is 1.24. The number of hydrogen-bond donors (Lipinski definition) is 1. The third-order valence-electron chi connectivity index (χ3n) is 2.73. The van der Waals surface area contributed by atoms with Crippen molar-refractivity contribution >= 4 is 43.4 Å². The fraction of sp³-hybridized carbons (Fsp3) is 0.214. The zero-order chi connectivity index (χ0) is 13.3. The summed E-state index contributed by atoms with van der Waals surface area (Å²) in [5, 5.41) is 3.36. The zero-order valence-corrected chi connectivity index (χ0v) is 13.7. The molecule has 0 saturated heterocycles. The van der Waals surface area contributed by atoms with Gasteiger partial charge in [0.15, 0.2) is 0 Å². The molecule has 18 heavy (non-hydrogen) atoms. The van der Waals surface area contributed by atoms with Gasteiger partial charge < -0.3 is 5.32 Å². The molecule has 0 unspecified atom stereocenters. The molecule has 0 amide bonds. The van der Waals surface area contributed by atoms with Gasteiger partial charge in [0.2, 0.25) is 0 Å². The minimum atomic E-state index is 0.850. The van der Waals surface area contributed by atoms with E-state index in [0.29, 0.717) is 0 Å². The zero-order valence-electron chi connectivity index (χ0n) is 10.5. The van der Waals surface area contributed by atoms with Crippen LogP contribution in [0.3, 0.4) is 0 Å². The van der Waals surface area contributed by atoms with Crippen molar-refractivity contribution in [3.05, 3.63) is 50.0 Å². The van der Waals surface area contributed by atoms with E-state index in [1.54, 1.807) is 0 Å². The molecule has 4 heteroatoms. The van der Waals surface area contributed by atoms with E-state index in [1.807, 2.05) is 19.2 Å². The van der Waals surface area contributed by atoms with Crippen LogP contribution in [0.4, 0.5) is 11.5 Å². The fourth-order valence-corrected chi connectivity index (χ4v) is 2.80. The molecular weight excluding hydrogens is 356 g/mol. The number of halogens is 2. The summed E-state index contributed by atoms with van der Waals surface area (Å²) >= 11 is 7.04. The Morgan fingerprint density at radius 3 is 2.28 bits per heavy atom. The van der Waals surface area contributed by atoms with Crippen molar-refractivity contribution in [2.24, 2.45) is 0 Å². The molecule has 94 valence electrons. The van der Waals surface area contributed by atoms with E-state index in [1.165, 1.54) is 11.1 Å². The van der Waals surface area contributed by atoms with Gasteiger partial charge in [0.1, 0.15) is 5.82 Å². The van der Waals surface area contributed by atoms with Crippen LogP contribution < -0.4 is 5.32 Å². The Labute approximate surface area is 124 Å². The second-order valence-corrected chi connectivity index (χ2v) is 6.09. The minimum absolute atomic E-state index is 0.850. The van der Waals surface area contributed by atoms with Crippen LogP contribution in [0.15, 0.2) is 33.3 Å². The predicted molar refractivity (Wildman–Crippen MR) is 83.6 cm³/mol. The van der Waals surface area contributed by atoms with Gasteiger partial charge in [-0.05, 0) is 81.5 Å². The molecule has 0 bridgehead atoms. The van der Waals surface area contributed by atoms with Gasteiger partial charge in [-0.25, -0.2) is 4.98 Å². The van der Waals surface area contributed by atoms with Gasteiger partial charge in [0, 0.05) is 15.1 Å². The first kappa shape index (κ1) is 13.6. The summed E-state index contributed by atoms with van der Waals surface area (Å²) in [4.78, 5) is 4.36. The van der Waals surface area contributed by atoms with E-state index in [4.69, 9.17) is 0 Å². The summed E-state index contributed by atoms with van der Waals surface area (Å²) < 4.78 is 2.08. The maximum absolute atomic E-state index is 4.36. The van der Waals surface area contributed by atoms with Crippen LogP contribution in [0.2, 0.25) is 0 Å². The van der Waals surface area contributed by atoms with E-state index in [-0.39, 0.29) is 0 Å². The van der Waals surface area contributed by atoms with Crippen molar-refractivity contribution in [2.45, 2.75) is 20.8 Å². The summed E-state index contributed by atoms with van der Waals surface area (Å²) in [6.07, 6.45) is 1.81. The van der Waals surface area contributed by atoms with Crippen molar-refractivity contribution in [1.29, 1.82) is 0 Å². The Balaban J connectivity index is 2.37. The lowest BCUT2D eigenvalue weighted by atomic mass is 10.1. The Hall–Kier alpha value is -0.870. The van der Waals surface area contributed by atoms with Gasteiger partial charge >= 0.3 is 0 Å². The Morgan fingerprint density at radius 1 is 0.944 bits per heavy atom. The van der Waals surface area contributed by atoms with Gasteiger partial charge in [-0.1, -0.05) is 6.07 Å². The SMILES string of the molecule is Cc1cc(C)c(Nc2cc(C)c(Br)cn2)c(Br)c1. The lowest BCUT2D eigenvalue weighted by Gasteiger charge is -2.13. The van der Waals surface area contributed by atoms with Gasteiger partial charge in [0.05, 0.1) is 5.69 Å². The molecule has 1 N–H and O–H groups in total. The molecule has 2 aromatic rings. The third-order valence-corrected chi connectivity index (χ3v) is 4.19. The average molecular weight is 370 g/mol. The van der Waals surface area contributed by atoms with Crippen molar-refractivity contribution in [2.75, 3.05) is 5.32 Å². The van der Waals surface area contributed by atoms with E-state index >= 15 is 0 Å². The highest BCUT2D eigenvalue weighted by Crippen LogP contribution is 2.30. The standard InChI is InChI=1S/C14H14Br2N2/c1-8-4-10(3)14(11(15)5-8)18-13-6-9(2)12(16)7-17-13/h4-7H,1-3H3,(H,17,18). The van der Waals surface area contributed by atoms with Crippen LogP contribution in [-0.2, 0) is 0 Å². The summed E-state index contributed by atoms with van der Waals surface area (Å²) in [6.45, 7) is 6.23. The highest BCUT2D eigenvalue weighted by Gasteiger charge is 2.06. The summed E-state index contributed by atoms with van der Waals surface area (Å²) in [5.41, 5.74) is 4.66. The van der Waals surface area contributed by atoms with Crippen molar-refractivity contribution < 1.29 is 0 Å². The number of aromatic nitrogens is 1. The molecular formula is C14H14Br2N2. The molecule has 0 saturated carbocycles. The lowest BCUT2D eigenvalue weighted by Crippen LogP contribution is -1.98. The van der Waals surface area contributed by atoms with Crippen LogP contribution in [0.5, 0.6) is 0 Å². The number of hydrogen-bond acceptors (Lipinski definition) is 2. The molecule has 0 radical (unpaired) electrons. The quantitative estimate of drug-likeness (QED) is 0.779. The number of rotatable bonds is 2. The maximum Gasteiger partial charge on any atom is 0.130 e. The van der Waals surface area contributed by atoms with Crippen LogP contribution in [-0.4, -0.2) is 4.98 Å². The van der Waals surface area contributed by atoms with E-state index in [2.05, 4.69) is 68.1 Å². The molecule has 2 rings (SSSR count). The van der Waals surface area contributed by atoms with Gasteiger partial charge in [-0.2, -0.15) is 0 Å². The first-order valence-electron chi connectivity index (χ1n) is 5.63. The van der Waals surface area contributed by atoms with Crippen molar-refractivity contribution in [3.8, 4) is 0 Å². The molecule has 1 aromatic heterocycles. The molecule has 0 fully saturated rings. The summed E-state index contributed by atoms with van der Waals surface area (Å²) in [7, 11) is 0. The van der Waals surface area contributed by atoms with E-state index in [0.717, 1.165) is 26.0 Å². The number of anilines is 2. The number of aryl methyl sites for hydroxylation is 3. The molecule has 0 aliphatic heterocycles. The summed E-state index contributed by atoms with van der Waals surface area (Å²) in [5.74, 6) is 0.850. The monoisotopic (exact) mass is 368 g/mol. The highest BCUT2D eigenvalue weighted by atomic mass is 79.9. The smallest absolute Gasteiger partial charge is 0.130 e. The molecule has 2 nitrogen and oxygen atoms in total. The highest BCUT2D eigenvalue weighted by molar-refractivity contribution is 9.10. The Kier molecular flexibility index (Phi) is 4.07. The van der Waals surface area contributed by atoms with Crippen LogP contribution in [0.25, 0.3) is 0 Å². The first-order chi connectivity index (χ1) is 8.47. The molecule has 1 aromatic carbocycles. The predicted octanol–water partition coefficient (Wildman–Crippen LogP) is 5.28. The van der Waals surface area contributed by atoms with Crippen molar-refractivity contribution in [3.63, 3.8) is 0 Å². The number of nitrogens with zero attached hydrogens (tertiary/aromatic N) is 1. The van der Waals surface area contributed by atoms with E-state index in [9.17, 15) is 0 Å². The fourth-order valence-electron chi connectivity index (χ4n) is 1.81.